The van der Waals surface area contributed by atoms with Crippen LogP contribution >= 0.6 is 11.3 Å². The highest BCUT2D eigenvalue weighted by Gasteiger charge is 2.56. The summed E-state index contributed by atoms with van der Waals surface area (Å²) in [5.74, 6) is 0.0307. The topological polar surface area (TPSA) is 58.6 Å². The van der Waals surface area contributed by atoms with Crippen LogP contribution in [0.2, 0.25) is 0 Å². The van der Waals surface area contributed by atoms with Crippen molar-refractivity contribution in [3.8, 4) is 0 Å². The number of likely N-dealkylation sites (tertiary alicyclic amines) is 1. The number of aromatic nitrogens is 2. The van der Waals surface area contributed by atoms with Crippen LogP contribution in [0.1, 0.15) is 22.6 Å². The summed E-state index contributed by atoms with van der Waals surface area (Å²) in [5, 5.41) is 4.16. The maximum atomic E-state index is 13.8. The molecule has 2 aliphatic heterocycles. The molecule has 0 saturated carbocycles. The van der Waals surface area contributed by atoms with Gasteiger partial charge in [0.25, 0.3) is 5.91 Å². The Morgan fingerprint density at radius 1 is 1.10 bits per heavy atom. The van der Waals surface area contributed by atoms with E-state index in [2.05, 4.69) is 43.8 Å². The average molecular weight is 421 g/mol. The van der Waals surface area contributed by atoms with E-state index in [-0.39, 0.29) is 11.8 Å². The summed E-state index contributed by atoms with van der Waals surface area (Å²) >= 11 is 1.66. The summed E-state index contributed by atoms with van der Waals surface area (Å²) in [6.07, 6.45) is 7.30. The fourth-order valence-electron chi connectivity index (χ4n) is 4.63. The summed E-state index contributed by atoms with van der Waals surface area (Å²) in [7, 11) is 0. The van der Waals surface area contributed by atoms with E-state index >= 15 is 0 Å². The lowest BCUT2D eigenvalue weighted by atomic mass is 9.83. The quantitative estimate of drug-likeness (QED) is 0.635. The Kier molecular flexibility index (Phi) is 5.33. The zero-order chi connectivity index (χ0) is 20.4. The minimum atomic E-state index is -0.875. The highest BCUT2D eigenvalue weighted by atomic mass is 32.1. The number of thiophene rings is 1. The smallest absolute Gasteiger partial charge is 0.257 e. The molecule has 3 aromatic heterocycles. The number of carbonyl (C=O) groups excluding carboxylic acids is 1. The van der Waals surface area contributed by atoms with Gasteiger partial charge in [-0.1, -0.05) is 12.1 Å². The minimum absolute atomic E-state index is 0.0550. The fourth-order valence-corrected chi connectivity index (χ4v) is 5.29. The van der Waals surface area contributed by atoms with Gasteiger partial charge < -0.3 is 9.64 Å². The summed E-state index contributed by atoms with van der Waals surface area (Å²) in [4.78, 5) is 26.6. The van der Waals surface area contributed by atoms with Gasteiger partial charge in [0.1, 0.15) is 0 Å². The normalized spacial score (nSPS) is 24.6. The Morgan fingerprint density at radius 3 is 2.70 bits per heavy atom. The molecule has 7 heteroatoms. The van der Waals surface area contributed by atoms with Crippen molar-refractivity contribution in [1.82, 2.24) is 19.8 Å². The van der Waals surface area contributed by atoms with E-state index in [4.69, 9.17) is 4.74 Å². The number of amides is 1. The van der Waals surface area contributed by atoms with Crippen LogP contribution in [0, 0.1) is 0 Å². The molecule has 2 atom stereocenters. The standard InChI is InChI=1S/C23H24N4O2S/c28-22-23(29-9-8-27(22)14-19-5-10-30-16-19)17-26(13-18-3-1-6-24-11-18)15-21(23)20-4-2-7-25-12-20/h1-7,10-12,16,21H,8-9,13-15,17H2/t21-,23+/m1/s1. The molecule has 30 heavy (non-hydrogen) atoms. The van der Waals surface area contributed by atoms with E-state index in [0.29, 0.717) is 26.2 Å². The number of nitrogens with zero attached hydrogens (tertiary/aromatic N) is 4. The van der Waals surface area contributed by atoms with Gasteiger partial charge in [0.15, 0.2) is 5.60 Å². The Labute approximate surface area is 180 Å². The number of rotatable bonds is 5. The molecule has 1 amide bonds. The third kappa shape index (κ3) is 3.64. The lowest BCUT2D eigenvalue weighted by Crippen LogP contribution is -2.59. The zero-order valence-electron chi connectivity index (χ0n) is 16.7. The molecule has 0 aliphatic carbocycles. The van der Waals surface area contributed by atoms with Crippen molar-refractivity contribution in [3.05, 3.63) is 82.6 Å². The molecule has 0 unspecified atom stereocenters. The summed E-state index contributed by atoms with van der Waals surface area (Å²) in [6.45, 7) is 3.87. The van der Waals surface area contributed by atoms with Gasteiger partial charge in [-0.3, -0.25) is 19.7 Å². The highest BCUT2D eigenvalue weighted by Crippen LogP contribution is 2.42. The first-order chi connectivity index (χ1) is 14.7. The molecule has 5 heterocycles. The molecule has 2 fully saturated rings. The SMILES string of the molecule is O=C1N(Cc2ccsc2)CCO[C@]12CN(Cc1cccnc1)C[C@@H]2c1cccnc1. The van der Waals surface area contributed by atoms with Gasteiger partial charge in [0.05, 0.1) is 6.61 Å². The second kappa shape index (κ2) is 8.26. The molecule has 0 bridgehead atoms. The number of hydrogen-bond donors (Lipinski definition) is 0. The van der Waals surface area contributed by atoms with Crippen molar-refractivity contribution in [2.45, 2.75) is 24.6 Å². The lowest BCUT2D eigenvalue weighted by Gasteiger charge is -2.42. The monoisotopic (exact) mass is 420 g/mol. The molecular weight excluding hydrogens is 396 g/mol. The Balaban J connectivity index is 1.45. The summed E-state index contributed by atoms with van der Waals surface area (Å²) < 4.78 is 6.35. The first-order valence-electron chi connectivity index (χ1n) is 10.2. The predicted octanol–water partition coefficient (Wildman–Crippen LogP) is 2.94. The third-order valence-corrected chi connectivity index (χ3v) is 6.73. The third-order valence-electron chi connectivity index (χ3n) is 6.00. The number of morpholine rings is 1. The molecule has 5 rings (SSSR count). The Hall–Kier alpha value is -2.61. The maximum Gasteiger partial charge on any atom is 0.257 e. The van der Waals surface area contributed by atoms with Crippen molar-refractivity contribution in [3.63, 3.8) is 0 Å². The van der Waals surface area contributed by atoms with Crippen LogP contribution in [0.15, 0.2) is 65.9 Å². The second-order valence-electron chi connectivity index (χ2n) is 7.97. The molecule has 0 radical (unpaired) electrons. The van der Waals surface area contributed by atoms with Crippen LogP contribution in [-0.2, 0) is 22.6 Å². The number of hydrogen-bond acceptors (Lipinski definition) is 6. The van der Waals surface area contributed by atoms with E-state index in [0.717, 1.165) is 24.2 Å². The fraction of sp³-hybridized carbons (Fsp3) is 0.348. The minimum Gasteiger partial charge on any atom is -0.361 e. The van der Waals surface area contributed by atoms with E-state index in [1.807, 2.05) is 29.4 Å². The highest BCUT2D eigenvalue weighted by molar-refractivity contribution is 7.07. The van der Waals surface area contributed by atoms with E-state index in [9.17, 15) is 4.79 Å². The summed E-state index contributed by atoms with van der Waals surface area (Å²) in [6, 6.07) is 10.1. The van der Waals surface area contributed by atoms with Crippen LogP contribution in [0.25, 0.3) is 0 Å². The largest absolute Gasteiger partial charge is 0.361 e. The molecule has 1 spiro atoms. The molecule has 2 saturated heterocycles. The molecule has 0 N–H and O–H groups in total. The molecule has 2 aliphatic rings. The van der Waals surface area contributed by atoms with E-state index < -0.39 is 5.60 Å². The molecule has 154 valence electrons. The van der Waals surface area contributed by atoms with Crippen molar-refractivity contribution in [2.75, 3.05) is 26.2 Å². The first-order valence-corrected chi connectivity index (χ1v) is 11.1. The molecule has 3 aromatic rings. The van der Waals surface area contributed by atoms with Gasteiger partial charge in [0.2, 0.25) is 0 Å². The van der Waals surface area contributed by atoms with Crippen molar-refractivity contribution >= 4 is 17.2 Å². The average Bonchev–Trinajstić information content (AvgIpc) is 3.41. The predicted molar refractivity (Wildman–Crippen MR) is 115 cm³/mol. The summed E-state index contributed by atoms with van der Waals surface area (Å²) in [5.41, 5.74) is 2.49. The van der Waals surface area contributed by atoms with Crippen molar-refractivity contribution < 1.29 is 9.53 Å². The van der Waals surface area contributed by atoms with Crippen molar-refractivity contribution in [1.29, 1.82) is 0 Å². The van der Waals surface area contributed by atoms with Crippen molar-refractivity contribution in [2.24, 2.45) is 0 Å². The van der Waals surface area contributed by atoms with Crippen LogP contribution in [0.3, 0.4) is 0 Å². The maximum absolute atomic E-state index is 13.8. The van der Waals surface area contributed by atoms with Gasteiger partial charge in [-0.25, -0.2) is 0 Å². The number of pyridine rings is 2. The Morgan fingerprint density at radius 2 is 1.97 bits per heavy atom. The van der Waals surface area contributed by atoms with E-state index in [1.165, 1.54) is 5.56 Å². The van der Waals surface area contributed by atoms with Gasteiger partial charge in [-0.15, -0.1) is 0 Å². The molecule has 6 nitrogen and oxygen atoms in total. The number of ether oxygens (including phenoxy) is 1. The molecule has 0 aromatic carbocycles. The lowest BCUT2D eigenvalue weighted by molar-refractivity contribution is -0.173. The van der Waals surface area contributed by atoms with Crippen LogP contribution < -0.4 is 0 Å². The zero-order valence-corrected chi connectivity index (χ0v) is 17.5. The van der Waals surface area contributed by atoms with Gasteiger partial charge in [-0.2, -0.15) is 11.3 Å². The van der Waals surface area contributed by atoms with Crippen LogP contribution in [0.5, 0.6) is 0 Å². The Bertz CT molecular complexity index is 983. The molecular formula is C23H24N4O2S. The van der Waals surface area contributed by atoms with E-state index in [1.54, 1.807) is 23.7 Å². The van der Waals surface area contributed by atoms with Gasteiger partial charge in [-0.05, 0) is 45.6 Å². The van der Waals surface area contributed by atoms with Gasteiger partial charge in [0, 0.05) is 63.4 Å². The van der Waals surface area contributed by atoms with Gasteiger partial charge >= 0.3 is 0 Å². The van der Waals surface area contributed by atoms with Crippen LogP contribution in [-0.4, -0.2) is 57.5 Å². The number of carbonyl (C=O) groups is 1. The second-order valence-corrected chi connectivity index (χ2v) is 8.75. The van der Waals surface area contributed by atoms with Crippen LogP contribution in [0.4, 0.5) is 0 Å². The first kappa shape index (κ1) is 19.4.